The molecule has 0 saturated carbocycles. The van der Waals surface area contributed by atoms with E-state index in [1.807, 2.05) is 6.20 Å². The fourth-order valence-corrected chi connectivity index (χ4v) is 5.40. The number of nitrogens with one attached hydrogen (secondary N) is 1. The van der Waals surface area contributed by atoms with Gasteiger partial charge in [-0.05, 0) is 49.9 Å². The molecular formula is C18H21ClN2OS. The summed E-state index contributed by atoms with van der Waals surface area (Å²) in [5, 5.41) is 3.69. The van der Waals surface area contributed by atoms with Gasteiger partial charge in [0.15, 0.2) is 0 Å². The van der Waals surface area contributed by atoms with Gasteiger partial charge in [-0.3, -0.25) is 4.98 Å². The van der Waals surface area contributed by atoms with Gasteiger partial charge < -0.3 is 10.1 Å². The van der Waals surface area contributed by atoms with Gasteiger partial charge in [0, 0.05) is 23.5 Å². The fraction of sp³-hybridized carbons (Fsp3) is 0.500. The predicted molar refractivity (Wildman–Crippen MR) is 94.2 cm³/mol. The lowest BCUT2D eigenvalue weighted by molar-refractivity contribution is -0.0957. The summed E-state index contributed by atoms with van der Waals surface area (Å²) in [6, 6.07) is 6.97. The molecule has 122 valence electrons. The Balaban J connectivity index is 1.71. The summed E-state index contributed by atoms with van der Waals surface area (Å²) in [7, 11) is 0. The molecule has 1 saturated heterocycles. The average Bonchev–Trinajstić information content (AvgIpc) is 2.90. The number of nitrogens with zero attached hydrogens (tertiary/aromatic N) is 1. The summed E-state index contributed by atoms with van der Waals surface area (Å²) < 4.78 is 7.25. The van der Waals surface area contributed by atoms with Crippen LogP contribution in [-0.4, -0.2) is 17.6 Å². The predicted octanol–water partition coefficient (Wildman–Crippen LogP) is 4.39. The Hall–Kier alpha value is -0.940. The Bertz CT molecular complexity index is 714. The van der Waals surface area contributed by atoms with Crippen molar-refractivity contribution in [3.05, 3.63) is 50.4 Å². The van der Waals surface area contributed by atoms with Crippen molar-refractivity contribution in [2.24, 2.45) is 0 Å². The third-order valence-corrected chi connectivity index (χ3v) is 6.38. The van der Waals surface area contributed by atoms with Gasteiger partial charge in [0.1, 0.15) is 5.60 Å². The molecule has 23 heavy (non-hydrogen) atoms. The minimum Gasteiger partial charge on any atom is -0.369 e. The second kappa shape index (κ2) is 5.85. The highest BCUT2D eigenvalue weighted by Gasteiger charge is 2.46. The van der Waals surface area contributed by atoms with Crippen molar-refractivity contribution < 1.29 is 4.74 Å². The van der Waals surface area contributed by atoms with Gasteiger partial charge in [0.25, 0.3) is 0 Å². The van der Waals surface area contributed by atoms with E-state index in [4.69, 9.17) is 16.3 Å². The smallest absolute Gasteiger partial charge is 0.106 e. The van der Waals surface area contributed by atoms with Crippen LogP contribution < -0.4 is 5.32 Å². The third kappa shape index (κ3) is 2.82. The van der Waals surface area contributed by atoms with Crippen LogP contribution in [0.15, 0.2) is 24.4 Å². The molecule has 0 amide bonds. The number of ether oxygens (including phenoxy) is 1. The van der Waals surface area contributed by atoms with Gasteiger partial charge in [0.05, 0.1) is 22.7 Å². The maximum atomic E-state index is 6.38. The number of rotatable bonds is 1. The molecule has 0 radical (unpaired) electrons. The number of aromatic nitrogens is 1. The second-order valence-corrected chi connectivity index (χ2v) is 8.47. The van der Waals surface area contributed by atoms with E-state index >= 15 is 0 Å². The number of hydrogen-bond acceptors (Lipinski definition) is 4. The van der Waals surface area contributed by atoms with Crippen molar-refractivity contribution in [2.45, 2.75) is 50.8 Å². The van der Waals surface area contributed by atoms with Crippen LogP contribution in [0.2, 0.25) is 4.34 Å². The number of pyridine rings is 1. The molecule has 4 rings (SSSR count). The SMILES string of the molecule is Cc1ccc(C2CC3(CC(C)N2)OCCc2cc(Cl)sc23)nc1. The van der Waals surface area contributed by atoms with Crippen LogP contribution >= 0.6 is 22.9 Å². The zero-order valence-electron chi connectivity index (χ0n) is 13.4. The summed E-state index contributed by atoms with van der Waals surface area (Å²) in [5.41, 5.74) is 3.44. The molecule has 1 N–H and O–H groups in total. The van der Waals surface area contributed by atoms with Crippen LogP contribution in [0.25, 0.3) is 0 Å². The van der Waals surface area contributed by atoms with Gasteiger partial charge in [0.2, 0.25) is 0 Å². The molecule has 2 aromatic heterocycles. The summed E-state index contributed by atoms with van der Waals surface area (Å²) in [6.07, 6.45) is 4.81. The molecule has 4 heterocycles. The van der Waals surface area contributed by atoms with Crippen LogP contribution in [0.1, 0.15) is 47.5 Å². The van der Waals surface area contributed by atoms with Gasteiger partial charge in [-0.1, -0.05) is 17.7 Å². The van der Waals surface area contributed by atoms with Gasteiger partial charge >= 0.3 is 0 Å². The number of thiophene rings is 1. The van der Waals surface area contributed by atoms with Crippen molar-refractivity contribution in [1.82, 2.24) is 10.3 Å². The molecular weight excluding hydrogens is 328 g/mol. The molecule has 1 spiro atoms. The van der Waals surface area contributed by atoms with Crippen molar-refractivity contribution in [2.75, 3.05) is 6.61 Å². The number of hydrogen-bond donors (Lipinski definition) is 1. The Labute approximate surface area is 146 Å². The second-order valence-electron chi connectivity index (χ2n) is 6.79. The van der Waals surface area contributed by atoms with E-state index in [1.165, 1.54) is 16.0 Å². The summed E-state index contributed by atoms with van der Waals surface area (Å²) in [6.45, 7) is 5.08. The maximum absolute atomic E-state index is 6.38. The molecule has 3 atom stereocenters. The molecule has 2 aliphatic heterocycles. The monoisotopic (exact) mass is 348 g/mol. The average molecular weight is 349 g/mol. The largest absolute Gasteiger partial charge is 0.369 e. The summed E-state index contributed by atoms with van der Waals surface area (Å²) in [4.78, 5) is 5.97. The maximum Gasteiger partial charge on any atom is 0.106 e. The quantitative estimate of drug-likeness (QED) is 0.830. The number of halogens is 1. The molecule has 2 aromatic rings. The van der Waals surface area contributed by atoms with E-state index in [1.54, 1.807) is 11.3 Å². The Morgan fingerprint density at radius 3 is 3.04 bits per heavy atom. The lowest BCUT2D eigenvalue weighted by Crippen LogP contribution is -2.49. The first kappa shape index (κ1) is 15.6. The molecule has 3 unspecified atom stereocenters. The number of fused-ring (bicyclic) bond motifs is 2. The molecule has 2 aliphatic rings. The molecule has 5 heteroatoms. The van der Waals surface area contributed by atoms with Crippen molar-refractivity contribution in [3.8, 4) is 0 Å². The van der Waals surface area contributed by atoms with Gasteiger partial charge in [-0.25, -0.2) is 0 Å². The molecule has 1 fully saturated rings. The Morgan fingerprint density at radius 1 is 1.39 bits per heavy atom. The van der Waals surface area contributed by atoms with Crippen LogP contribution in [0.5, 0.6) is 0 Å². The van der Waals surface area contributed by atoms with Crippen LogP contribution in [0.4, 0.5) is 0 Å². The third-order valence-electron chi connectivity index (χ3n) is 4.89. The van der Waals surface area contributed by atoms with Crippen LogP contribution in [-0.2, 0) is 16.8 Å². The molecule has 0 aromatic carbocycles. The van der Waals surface area contributed by atoms with Gasteiger partial charge in [-0.15, -0.1) is 11.3 Å². The molecule has 0 aliphatic carbocycles. The Morgan fingerprint density at radius 2 is 2.26 bits per heavy atom. The lowest BCUT2D eigenvalue weighted by Gasteiger charge is -2.46. The van der Waals surface area contributed by atoms with Gasteiger partial charge in [-0.2, -0.15) is 0 Å². The number of piperidine rings is 1. The fourth-order valence-electron chi connectivity index (χ4n) is 3.94. The van der Waals surface area contributed by atoms with E-state index in [-0.39, 0.29) is 11.6 Å². The normalized spacial score (nSPS) is 30.4. The first-order valence-corrected chi connectivity index (χ1v) is 9.36. The number of aryl methyl sites for hydroxylation is 1. The summed E-state index contributed by atoms with van der Waals surface area (Å²) >= 11 is 7.99. The van der Waals surface area contributed by atoms with Crippen LogP contribution in [0, 0.1) is 6.92 Å². The highest BCUT2D eigenvalue weighted by atomic mass is 35.5. The highest BCUT2D eigenvalue weighted by molar-refractivity contribution is 7.16. The van der Waals surface area contributed by atoms with Crippen molar-refractivity contribution in [1.29, 1.82) is 0 Å². The van der Waals surface area contributed by atoms with E-state index in [2.05, 4.69) is 42.3 Å². The van der Waals surface area contributed by atoms with Crippen molar-refractivity contribution >= 4 is 22.9 Å². The zero-order chi connectivity index (χ0) is 16.0. The van der Waals surface area contributed by atoms with E-state index < -0.39 is 0 Å². The lowest BCUT2D eigenvalue weighted by atomic mass is 9.79. The van der Waals surface area contributed by atoms with E-state index in [9.17, 15) is 0 Å². The minimum atomic E-state index is -0.215. The topological polar surface area (TPSA) is 34.1 Å². The zero-order valence-corrected chi connectivity index (χ0v) is 15.0. The summed E-state index contributed by atoms with van der Waals surface area (Å²) in [5.74, 6) is 0. The first-order valence-electron chi connectivity index (χ1n) is 8.17. The van der Waals surface area contributed by atoms with E-state index in [0.717, 1.165) is 35.9 Å². The van der Waals surface area contributed by atoms with Crippen LogP contribution in [0.3, 0.4) is 0 Å². The van der Waals surface area contributed by atoms with E-state index in [0.29, 0.717) is 6.04 Å². The standard InChI is InChI=1S/C18H21ClN2OS/c1-11-3-4-14(20-10-11)15-9-18(8-12(2)21-15)17-13(5-6-22-18)7-16(19)23-17/h3-4,7,10,12,15,21H,5-6,8-9H2,1-2H3. The van der Waals surface area contributed by atoms with Crippen molar-refractivity contribution in [3.63, 3.8) is 0 Å². The minimum absolute atomic E-state index is 0.214. The molecule has 3 nitrogen and oxygen atoms in total. The first-order chi connectivity index (χ1) is 11.1. The Kier molecular flexibility index (Phi) is 3.96. The molecule has 0 bridgehead atoms. The highest BCUT2D eigenvalue weighted by Crippen LogP contribution is 2.49.